The van der Waals surface area contributed by atoms with Crippen molar-refractivity contribution in [3.8, 4) is 0 Å². The maximum absolute atomic E-state index is 11.1. The molecular weight excluding hydrogens is 188 g/mol. The summed E-state index contributed by atoms with van der Waals surface area (Å²) < 4.78 is 0. The monoisotopic (exact) mass is 202 g/mol. The van der Waals surface area contributed by atoms with Gasteiger partial charge in [0.25, 0.3) is 0 Å². The van der Waals surface area contributed by atoms with E-state index in [4.69, 9.17) is 5.11 Å². The van der Waals surface area contributed by atoms with Crippen molar-refractivity contribution in [2.75, 3.05) is 0 Å². The molecule has 0 spiro atoms. The molecule has 2 heteroatoms. The Balaban J connectivity index is 2.28. The predicted molar refractivity (Wildman–Crippen MR) is 58.7 cm³/mol. The molecule has 0 bridgehead atoms. The molecule has 1 fully saturated rings. The van der Waals surface area contributed by atoms with Crippen LogP contribution in [-0.4, -0.2) is 11.1 Å². The van der Waals surface area contributed by atoms with Crippen molar-refractivity contribution in [2.45, 2.75) is 18.8 Å². The maximum Gasteiger partial charge on any atom is 0.307 e. The van der Waals surface area contributed by atoms with Gasteiger partial charge in [-0.05, 0) is 18.4 Å². The Morgan fingerprint density at radius 3 is 2.53 bits per heavy atom. The molecule has 2 unspecified atom stereocenters. The first kappa shape index (κ1) is 9.97. The topological polar surface area (TPSA) is 37.3 Å². The molecule has 2 atom stereocenters. The van der Waals surface area contributed by atoms with Gasteiger partial charge < -0.3 is 5.11 Å². The van der Waals surface area contributed by atoms with Gasteiger partial charge in [0.05, 0.1) is 5.92 Å². The zero-order valence-electron chi connectivity index (χ0n) is 8.52. The standard InChI is InChI=1S/C13H14O2/c1-9-7-11(12(8-9)13(14)15)10-5-3-2-4-6-10/h2-6,11-12H,1,7-8H2,(H,14,15). The van der Waals surface area contributed by atoms with Crippen LogP contribution >= 0.6 is 0 Å². The second-order valence-electron chi connectivity index (χ2n) is 4.12. The van der Waals surface area contributed by atoms with Crippen LogP contribution in [0.25, 0.3) is 0 Å². The summed E-state index contributed by atoms with van der Waals surface area (Å²) in [7, 11) is 0. The van der Waals surface area contributed by atoms with Gasteiger partial charge in [-0.2, -0.15) is 0 Å². The number of allylic oxidation sites excluding steroid dienone is 1. The molecule has 0 heterocycles. The fourth-order valence-corrected chi connectivity index (χ4v) is 2.30. The minimum atomic E-state index is -0.706. The molecule has 2 nitrogen and oxygen atoms in total. The van der Waals surface area contributed by atoms with Gasteiger partial charge in [-0.15, -0.1) is 0 Å². The molecule has 0 aliphatic heterocycles. The van der Waals surface area contributed by atoms with Gasteiger partial charge in [-0.25, -0.2) is 0 Å². The van der Waals surface area contributed by atoms with Crippen LogP contribution in [0.2, 0.25) is 0 Å². The average Bonchev–Trinajstić information content (AvgIpc) is 2.62. The van der Waals surface area contributed by atoms with Crippen LogP contribution in [0.5, 0.6) is 0 Å². The zero-order valence-corrected chi connectivity index (χ0v) is 8.52. The third kappa shape index (κ3) is 1.94. The van der Waals surface area contributed by atoms with Crippen LogP contribution in [0.1, 0.15) is 24.3 Å². The van der Waals surface area contributed by atoms with Crippen molar-refractivity contribution >= 4 is 5.97 Å². The number of rotatable bonds is 2. The van der Waals surface area contributed by atoms with Gasteiger partial charge in [0.2, 0.25) is 0 Å². The molecule has 78 valence electrons. The number of aliphatic carboxylic acids is 1. The largest absolute Gasteiger partial charge is 0.481 e. The maximum atomic E-state index is 11.1. The first-order valence-corrected chi connectivity index (χ1v) is 5.13. The Bertz CT molecular complexity index is 381. The summed E-state index contributed by atoms with van der Waals surface area (Å²) in [5.74, 6) is -0.890. The molecule has 1 N–H and O–H groups in total. The molecule has 0 saturated heterocycles. The smallest absolute Gasteiger partial charge is 0.307 e. The lowest BCUT2D eigenvalue weighted by atomic mass is 9.89. The van der Waals surface area contributed by atoms with Crippen molar-refractivity contribution in [1.82, 2.24) is 0 Å². The van der Waals surface area contributed by atoms with Crippen LogP contribution in [0, 0.1) is 5.92 Å². The molecule has 1 saturated carbocycles. The van der Waals surface area contributed by atoms with Gasteiger partial charge in [0.15, 0.2) is 0 Å². The van der Waals surface area contributed by atoms with Crippen LogP contribution in [0.4, 0.5) is 0 Å². The van der Waals surface area contributed by atoms with Crippen molar-refractivity contribution < 1.29 is 9.90 Å². The third-order valence-corrected chi connectivity index (χ3v) is 3.05. The number of carboxylic acids is 1. The van der Waals surface area contributed by atoms with E-state index in [0.717, 1.165) is 17.6 Å². The first-order chi connectivity index (χ1) is 7.18. The van der Waals surface area contributed by atoms with Crippen LogP contribution in [-0.2, 0) is 4.79 Å². The molecule has 1 aliphatic rings. The summed E-state index contributed by atoms with van der Waals surface area (Å²) in [6.07, 6.45) is 1.43. The van der Waals surface area contributed by atoms with E-state index in [-0.39, 0.29) is 11.8 Å². The van der Waals surface area contributed by atoms with Gasteiger partial charge in [-0.1, -0.05) is 42.5 Å². The minimum absolute atomic E-state index is 0.108. The summed E-state index contributed by atoms with van der Waals surface area (Å²) >= 11 is 0. The van der Waals surface area contributed by atoms with E-state index in [1.165, 1.54) is 0 Å². The quantitative estimate of drug-likeness (QED) is 0.749. The first-order valence-electron chi connectivity index (χ1n) is 5.13. The molecule has 1 aromatic rings. The molecule has 15 heavy (non-hydrogen) atoms. The minimum Gasteiger partial charge on any atom is -0.481 e. The van der Waals surface area contributed by atoms with Crippen molar-refractivity contribution in [3.63, 3.8) is 0 Å². The van der Waals surface area contributed by atoms with Crippen LogP contribution in [0.3, 0.4) is 0 Å². The SMILES string of the molecule is C=C1CC(C(=O)O)C(c2ccccc2)C1. The van der Waals surface area contributed by atoms with Crippen molar-refractivity contribution in [3.05, 3.63) is 48.0 Å². The van der Waals surface area contributed by atoms with Gasteiger partial charge in [0.1, 0.15) is 0 Å². The average molecular weight is 202 g/mol. The number of hydrogen-bond acceptors (Lipinski definition) is 1. The Morgan fingerprint density at radius 2 is 1.93 bits per heavy atom. The predicted octanol–water partition coefficient (Wildman–Crippen LogP) is 2.82. The highest BCUT2D eigenvalue weighted by molar-refractivity contribution is 5.72. The molecule has 0 aromatic heterocycles. The van der Waals surface area contributed by atoms with E-state index in [2.05, 4.69) is 6.58 Å². The second-order valence-corrected chi connectivity index (χ2v) is 4.12. The van der Waals surface area contributed by atoms with Crippen molar-refractivity contribution in [1.29, 1.82) is 0 Å². The van der Waals surface area contributed by atoms with Crippen molar-refractivity contribution in [2.24, 2.45) is 5.92 Å². The second kappa shape index (κ2) is 3.89. The van der Waals surface area contributed by atoms with E-state index in [1.54, 1.807) is 0 Å². The number of carbonyl (C=O) groups is 1. The summed E-state index contributed by atoms with van der Waals surface area (Å²) in [4.78, 5) is 11.1. The van der Waals surface area contributed by atoms with E-state index < -0.39 is 5.97 Å². The lowest BCUT2D eigenvalue weighted by molar-refractivity contribution is -0.141. The molecule has 2 rings (SSSR count). The number of benzene rings is 1. The van der Waals surface area contributed by atoms with Crippen LogP contribution in [0.15, 0.2) is 42.5 Å². The summed E-state index contributed by atoms with van der Waals surface area (Å²) in [5.41, 5.74) is 2.17. The zero-order chi connectivity index (χ0) is 10.8. The Labute approximate surface area is 89.2 Å². The molecule has 0 amide bonds. The van der Waals surface area contributed by atoms with Crippen LogP contribution < -0.4 is 0 Å². The van der Waals surface area contributed by atoms with E-state index in [1.807, 2.05) is 30.3 Å². The third-order valence-electron chi connectivity index (χ3n) is 3.05. The van der Waals surface area contributed by atoms with E-state index >= 15 is 0 Å². The molecule has 0 radical (unpaired) electrons. The number of carboxylic acid groups (broad SMARTS) is 1. The highest BCUT2D eigenvalue weighted by atomic mass is 16.4. The summed E-state index contributed by atoms with van der Waals surface area (Å²) in [6.45, 7) is 3.90. The van der Waals surface area contributed by atoms with Gasteiger partial charge in [0, 0.05) is 5.92 Å². The highest BCUT2D eigenvalue weighted by Crippen LogP contribution is 2.42. The normalized spacial score (nSPS) is 25.5. The fraction of sp³-hybridized carbons (Fsp3) is 0.308. The lowest BCUT2D eigenvalue weighted by Crippen LogP contribution is -2.16. The summed E-state index contributed by atoms with van der Waals surface area (Å²) in [6, 6.07) is 9.85. The fourth-order valence-electron chi connectivity index (χ4n) is 2.30. The molecule has 1 aliphatic carbocycles. The summed E-state index contributed by atoms with van der Waals surface area (Å²) in [5, 5.41) is 9.12. The molecular formula is C13H14O2. The lowest BCUT2D eigenvalue weighted by Gasteiger charge is -2.15. The van der Waals surface area contributed by atoms with Gasteiger partial charge in [-0.3, -0.25) is 4.79 Å². The van der Waals surface area contributed by atoms with E-state index in [0.29, 0.717) is 6.42 Å². The number of hydrogen-bond donors (Lipinski definition) is 1. The molecule has 1 aromatic carbocycles. The van der Waals surface area contributed by atoms with E-state index in [9.17, 15) is 4.79 Å². The Morgan fingerprint density at radius 1 is 1.27 bits per heavy atom. The Hall–Kier alpha value is -1.57. The Kier molecular flexibility index (Phi) is 2.58. The highest BCUT2D eigenvalue weighted by Gasteiger charge is 2.35. The van der Waals surface area contributed by atoms with Gasteiger partial charge >= 0.3 is 5.97 Å².